The first kappa shape index (κ1) is 21.7. The van der Waals surface area contributed by atoms with Crippen LogP contribution in [0.5, 0.6) is 0 Å². The molecule has 0 saturated heterocycles. The fourth-order valence-corrected chi connectivity index (χ4v) is 4.07. The highest BCUT2D eigenvalue weighted by Crippen LogP contribution is 2.39. The maximum atomic E-state index is 13.0. The summed E-state index contributed by atoms with van der Waals surface area (Å²) in [5, 5.41) is 8.84. The zero-order chi connectivity index (χ0) is 21.2. The molecular weight excluding hydrogens is 416 g/mol. The van der Waals surface area contributed by atoms with Crippen LogP contribution in [-0.4, -0.2) is 11.7 Å². The van der Waals surface area contributed by atoms with Crippen LogP contribution >= 0.6 is 11.9 Å². The highest BCUT2D eigenvalue weighted by molar-refractivity contribution is 7.97. The number of hydrogen-bond donors (Lipinski definition) is 2. The second-order valence-corrected chi connectivity index (χ2v) is 7.51. The fraction of sp³-hybridized carbons (Fsp3) is 0.300. The number of fused-ring (bicyclic) bond motifs is 1. The molecule has 0 aromatic heterocycles. The molecule has 0 spiro atoms. The molecule has 1 unspecified atom stereocenters. The Morgan fingerprint density at radius 2 is 1.66 bits per heavy atom. The molecule has 0 radical (unpaired) electrons. The molecule has 2 N–H and O–H groups in total. The Bertz CT molecular complexity index is 875. The number of hydrogen-bond acceptors (Lipinski definition) is 3. The summed E-state index contributed by atoms with van der Waals surface area (Å²) in [6.07, 6.45) is -4.93. The molecule has 2 aromatic carbocycles. The van der Waals surface area contributed by atoms with Gasteiger partial charge in [0.05, 0.1) is 17.7 Å². The van der Waals surface area contributed by atoms with Gasteiger partial charge in [0.15, 0.2) is 0 Å². The van der Waals surface area contributed by atoms with E-state index in [0.29, 0.717) is 18.6 Å². The van der Waals surface area contributed by atoms with Crippen molar-refractivity contribution >= 4 is 18.0 Å². The van der Waals surface area contributed by atoms with Crippen molar-refractivity contribution < 1.29 is 31.4 Å². The van der Waals surface area contributed by atoms with Crippen molar-refractivity contribution in [1.82, 2.24) is 4.72 Å². The maximum Gasteiger partial charge on any atom is 0.416 e. The Hall–Kier alpha value is -1.97. The van der Waals surface area contributed by atoms with Crippen molar-refractivity contribution in [2.24, 2.45) is 0 Å². The number of benzene rings is 2. The topological polar surface area (TPSA) is 32.3 Å². The van der Waals surface area contributed by atoms with E-state index in [0.717, 1.165) is 35.1 Å². The molecule has 0 aliphatic heterocycles. The third kappa shape index (κ3) is 5.34. The molecular formula is C20H17F6NOS. The van der Waals surface area contributed by atoms with E-state index in [1.165, 1.54) is 0 Å². The van der Waals surface area contributed by atoms with Crippen LogP contribution in [-0.2, 0) is 18.8 Å². The summed E-state index contributed by atoms with van der Waals surface area (Å²) in [6.45, 7) is -0.0746. The van der Waals surface area contributed by atoms with Crippen molar-refractivity contribution in [3.63, 3.8) is 0 Å². The van der Waals surface area contributed by atoms with Gasteiger partial charge in [0.1, 0.15) is 0 Å². The number of halogens is 6. The van der Waals surface area contributed by atoms with Crippen molar-refractivity contribution in [3.05, 3.63) is 70.3 Å². The van der Waals surface area contributed by atoms with E-state index < -0.39 is 23.5 Å². The predicted octanol–water partition coefficient (Wildman–Crippen LogP) is 6.01. The number of aliphatic hydroxyl groups is 1. The molecule has 29 heavy (non-hydrogen) atoms. The molecule has 156 valence electrons. The van der Waals surface area contributed by atoms with Crippen LogP contribution in [0.4, 0.5) is 26.3 Å². The van der Waals surface area contributed by atoms with Crippen molar-refractivity contribution in [2.75, 3.05) is 6.61 Å². The lowest BCUT2D eigenvalue weighted by atomic mass is 10.0. The largest absolute Gasteiger partial charge is 0.416 e. The Labute approximate surface area is 167 Å². The third-order valence-corrected chi connectivity index (χ3v) is 5.41. The molecule has 1 atom stereocenters. The maximum absolute atomic E-state index is 13.0. The summed E-state index contributed by atoms with van der Waals surface area (Å²) >= 11 is 0.763. The Morgan fingerprint density at radius 1 is 1.00 bits per heavy atom. The van der Waals surface area contributed by atoms with Gasteiger partial charge in [0.25, 0.3) is 0 Å². The summed E-state index contributed by atoms with van der Waals surface area (Å²) in [5.41, 5.74) is 0.274. The minimum Gasteiger partial charge on any atom is -0.392 e. The van der Waals surface area contributed by atoms with Crippen LogP contribution in [0.15, 0.2) is 47.4 Å². The second-order valence-electron chi connectivity index (χ2n) is 6.60. The lowest BCUT2D eigenvalue weighted by molar-refractivity contribution is -0.143. The van der Waals surface area contributed by atoms with Crippen molar-refractivity contribution in [3.8, 4) is 0 Å². The molecule has 3 rings (SSSR count). The average molecular weight is 433 g/mol. The summed E-state index contributed by atoms with van der Waals surface area (Å²) in [5.74, 6) is 0. The van der Waals surface area contributed by atoms with Crippen LogP contribution in [0.1, 0.15) is 40.3 Å². The number of aryl methyl sites for hydroxylation is 1. The van der Waals surface area contributed by atoms with Gasteiger partial charge in [-0.3, -0.25) is 4.72 Å². The lowest BCUT2D eigenvalue weighted by Gasteiger charge is -2.16. The van der Waals surface area contributed by atoms with Crippen molar-refractivity contribution in [2.45, 2.75) is 36.1 Å². The Kier molecular flexibility index (Phi) is 6.30. The first-order chi connectivity index (χ1) is 13.6. The molecule has 0 fully saturated rings. The van der Waals surface area contributed by atoms with E-state index in [1.807, 2.05) is 18.2 Å². The Balaban J connectivity index is 1.78. The zero-order valence-electron chi connectivity index (χ0n) is 14.9. The van der Waals surface area contributed by atoms with Crippen LogP contribution in [0.2, 0.25) is 0 Å². The molecule has 0 heterocycles. The number of nitrogens with one attached hydrogen (secondary N) is 1. The molecule has 0 amide bonds. The van der Waals surface area contributed by atoms with Gasteiger partial charge >= 0.3 is 12.4 Å². The molecule has 9 heteroatoms. The van der Waals surface area contributed by atoms with E-state index in [9.17, 15) is 26.3 Å². The molecule has 0 saturated carbocycles. The highest BCUT2D eigenvalue weighted by Gasteiger charge is 2.37. The van der Waals surface area contributed by atoms with Gasteiger partial charge in [-0.2, -0.15) is 26.3 Å². The van der Waals surface area contributed by atoms with Gasteiger partial charge in [-0.1, -0.05) is 30.4 Å². The average Bonchev–Trinajstić information content (AvgIpc) is 3.05. The minimum atomic E-state index is -4.87. The molecule has 2 nitrogen and oxygen atoms in total. The predicted molar refractivity (Wildman–Crippen MR) is 99.1 cm³/mol. The van der Waals surface area contributed by atoms with E-state index in [1.54, 1.807) is 12.2 Å². The first-order valence-corrected chi connectivity index (χ1v) is 9.51. The number of alkyl halides is 6. The standard InChI is InChI=1S/C20H17F6NOS/c21-19(22,23)14-9-15(20(24,25)26)11-16(10-14)29-27-18-6-4-13-8-12(2-1-7-28)3-5-17(13)18/h1-3,5,8-11,18,27-28H,4,6-7H2/b2-1+. The fourth-order valence-electron chi connectivity index (χ4n) is 3.18. The summed E-state index contributed by atoms with van der Waals surface area (Å²) < 4.78 is 80.9. The van der Waals surface area contributed by atoms with Crippen LogP contribution < -0.4 is 4.72 Å². The Morgan fingerprint density at radius 3 is 2.24 bits per heavy atom. The van der Waals surface area contributed by atoms with Gasteiger partial charge in [-0.15, -0.1) is 0 Å². The molecule has 2 aromatic rings. The second kappa shape index (κ2) is 8.41. The molecule has 0 bridgehead atoms. The molecule has 1 aliphatic carbocycles. The van der Waals surface area contributed by atoms with E-state index in [2.05, 4.69) is 4.72 Å². The van der Waals surface area contributed by atoms with Gasteiger partial charge < -0.3 is 5.11 Å². The van der Waals surface area contributed by atoms with E-state index >= 15 is 0 Å². The highest BCUT2D eigenvalue weighted by atomic mass is 32.2. The van der Waals surface area contributed by atoms with Crippen LogP contribution in [0.3, 0.4) is 0 Å². The number of aliphatic hydroxyl groups excluding tert-OH is 1. The lowest BCUT2D eigenvalue weighted by Crippen LogP contribution is -2.13. The van der Waals surface area contributed by atoms with Crippen LogP contribution in [0.25, 0.3) is 6.08 Å². The first-order valence-electron chi connectivity index (χ1n) is 8.70. The smallest absolute Gasteiger partial charge is 0.392 e. The summed E-state index contributed by atoms with van der Waals surface area (Å²) in [4.78, 5) is -0.150. The monoisotopic (exact) mass is 433 g/mol. The summed E-state index contributed by atoms with van der Waals surface area (Å²) in [7, 11) is 0. The minimum absolute atomic E-state index is 0.0746. The summed E-state index contributed by atoms with van der Waals surface area (Å²) in [6, 6.07) is 7.05. The van der Waals surface area contributed by atoms with Gasteiger partial charge in [-0.25, -0.2) is 0 Å². The van der Waals surface area contributed by atoms with E-state index in [-0.39, 0.29) is 23.6 Å². The van der Waals surface area contributed by atoms with Gasteiger partial charge in [0, 0.05) is 10.9 Å². The van der Waals surface area contributed by atoms with Crippen molar-refractivity contribution in [1.29, 1.82) is 0 Å². The normalized spacial score (nSPS) is 17.1. The van der Waals surface area contributed by atoms with Crippen LogP contribution in [0, 0.1) is 0 Å². The SMILES string of the molecule is OC/C=C/c1ccc2c(c1)CCC2NSc1cc(C(F)(F)F)cc(C(F)(F)F)c1. The quantitative estimate of drug-likeness (QED) is 0.447. The van der Waals surface area contributed by atoms with E-state index in [4.69, 9.17) is 5.11 Å². The zero-order valence-corrected chi connectivity index (χ0v) is 15.8. The molecule has 1 aliphatic rings. The van der Waals surface area contributed by atoms with Gasteiger partial charge in [-0.05, 0) is 59.7 Å². The van der Waals surface area contributed by atoms with Gasteiger partial charge in [0.2, 0.25) is 0 Å². The third-order valence-electron chi connectivity index (χ3n) is 4.54. The number of rotatable bonds is 5.